The van der Waals surface area contributed by atoms with E-state index in [1.54, 1.807) is 11.8 Å². The van der Waals surface area contributed by atoms with Gasteiger partial charge >= 0.3 is 0 Å². The van der Waals surface area contributed by atoms with Gasteiger partial charge in [-0.2, -0.15) is 11.8 Å². The van der Waals surface area contributed by atoms with Crippen molar-refractivity contribution >= 4 is 33.6 Å². The van der Waals surface area contributed by atoms with Crippen LogP contribution in [0.15, 0.2) is 0 Å². The molecule has 0 rings (SSSR count). The first-order chi connectivity index (χ1) is 5.88. The molecule has 0 saturated carbocycles. The molecule has 1 N–H and O–H groups in total. The third kappa shape index (κ3) is 6.38. The lowest BCUT2D eigenvalue weighted by Crippen LogP contribution is -2.42. The monoisotopic (exact) mass is 267 g/mol. The van der Waals surface area contributed by atoms with E-state index in [1.165, 1.54) is 0 Å². The van der Waals surface area contributed by atoms with Gasteiger partial charge in [-0.15, -0.1) is 0 Å². The Morgan fingerprint density at radius 1 is 1.62 bits per heavy atom. The lowest BCUT2D eigenvalue weighted by atomic mass is 10.2. The molecule has 0 aliphatic heterocycles. The van der Waals surface area contributed by atoms with E-state index in [4.69, 9.17) is 0 Å². The van der Waals surface area contributed by atoms with E-state index in [1.807, 2.05) is 20.8 Å². The zero-order chi connectivity index (χ0) is 10.5. The van der Waals surface area contributed by atoms with Gasteiger partial charge in [0.05, 0.1) is 4.32 Å². The van der Waals surface area contributed by atoms with Crippen molar-refractivity contribution in [1.29, 1.82) is 0 Å². The van der Waals surface area contributed by atoms with E-state index in [9.17, 15) is 4.79 Å². The maximum atomic E-state index is 11.5. The minimum atomic E-state index is -0.458. The molecular weight excluding hydrogens is 250 g/mol. The van der Waals surface area contributed by atoms with Gasteiger partial charge in [0.1, 0.15) is 0 Å². The van der Waals surface area contributed by atoms with Crippen molar-refractivity contribution in [3.05, 3.63) is 0 Å². The Hall–Kier alpha value is 0.300. The zero-order valence-electron chi connectivity index (χ0n) is 8.69. The highest BCUT2D eigenvalue weighted by Crippen LogP contribution is 2.15. The molecule has 1 amide bonds. The number of rotatable bonds is 5. The van der Waals surface area contributed by atoms with Crippen LogP contribution in [0.4, 0.5) is 0 Å². The summed E-state index contributed by atoms with van der Waals surface area (Å²) in [6.07, 6.45) is 3.10. The number of nitrogens with one attached hydrogen (secondary N) is 1. The Labute approximate surface area is 93.4 Å². The highest BCUT2D eigenvalue weighted by atomic mass is 79.9. The first-order valence-electron chi connectivity index (χ1n) is 4.36. The van der Waals surface area contributed by atoms with Crippen LogP contribution in [0.3, 0.4) is 0 Å². The summed E-state index contributed by atoms with van der Waals surface area (Å²) in [5.41, 5.74) is 0. The molecule has 0 aromatic rings. The lowest BCUT2D eigenvalue weighted by Gasteiger charge is -2.20. The summed E-state index contributed by atoms with van der Waals surface area (Å²) in [7, 11) is 0. The summed E-state index contributed by atoms with van der Waals surface area (Å²) in [6, 6.07) is 0.261. The van der Waals surface area contributed by atoms with Gasteiger partial charge in [-0.25, -0.2) is 0 Å². The maximum absolute atomic E-state index is 11.5. The number of halogens is 1. The predicted molar refractivity (Wildman–Crippen MR) is 63.6 cm³/mol. The third-order valence-corrected chi connectivity index (χ3v) is 2.68. The molecule has 0 heterocycles. The van der Waals surface area contributed by atoms with Crippen LogP contribution in [0, 0.1) is 0 Å². The number of carbonyl (C=O) groups excluding carboxylic acids is 1. The van der Waals surface area contributed by atoms with Gasteiger partial charge < -0.3 is 5.32 Å². The van der Waals surface area contributed by atoms with Crippen LogP contribution >= 0.6 is 27.7 Å². The number of thioether (sulfide) groups is 1. The largest absolute Gasteiger partial charge is 0.352 e. The minimum absolute atomic E-state index is 0.0566. The molecule has 0 radical (unpaired) electrons. The normalized spacial score (nSPS) is 13.9. The van der Waals surface area contributed by atoms with Crippen molar-refractivity contribution in [2.24, 2.45) is 0 Å². The van der Waals surface area contributed by atoms with Gasteiger partial charge in [-0.05, 0) is 39.2 Å². The fourth-order valence-electron chi connectivity index (χ4n) is 0.762. The molecule has 0 aliphatic rings. The Morgan fingerprint density at radius 2 is 2.15 bits per heavy atom. The topological polar surface area (TPSA) is 29.1 Å². The minimum Gasteiger partial charge on any atom is -0.352 e. The fourth-order valence-corrected chi connectivity index (χ4v) is 1.47. The maximum Gasteiger partial charge on any atom is 0.236 e. The molecule has 0 aromatic heterocycles. The number of carbonyl (C=O) groups is 1. The van der Waals surface area contributed by atoms with Crippen molar-refractivity contribution < 1.29 is 4.79 Å². The smallest absolute Gasteiger partial charge is 0.236 e. The summed E-state index contributed by atoms with van der Waals surface area (Å²) in [5.74, 6) is 1.14. The molecule has 0 saturated heterocycles. The van der Waals surface area contributed by atoms with Crippen LogP contribution in [0.25, 0.3) is 0 Å². The first-order valence-corrected chi connectivity index (χ1v) is 6.55. The average molecular weight is 268 g/mol. The van der Waals surface area contributed by atoms with Crippen molar-refractivity contribution in [3.63, 3.8) is 0 Å². The second-order valence-corrected chi connectivity index (χ2v) is 6.60. The molecule has 4 heteroatoms. The quantitative estimate of drug-likeness (QED) is 0.776. The molecule has 1 unspecified atom stereocenters. The summed E-state index contributed by atoms with van der Waals surface area (Å²) in [4.78, 5) is 11.5. The van der Waals surface area contributed by atoms with Crippen molar-refractivity contribution in [2.45, 2.75) is 37.6 Å². The molecular formula is C9H18BrNOS. The predicted octanol–water partition coefficient (Wildman–Crippen LogP) is 2.42. The van der Waals surface area contributed by atoms with Gasteiger partial charge in [0.2, 0.25) is 5.91 Å². The van der Waals surface area contributed by atoms with Crippen LogP contribution in [0.5, 0.6) is 0 Å². The second-order valence-electron chi connectivity index (χ2n) is 3.63. The van der Waals surface area contributed by atoms with E-state index in [0.717, 1.165) is 12.2 Å². The Morgan fingerprint density at radius 3 is 2.54 bits per heavy atom. The number of alkyl halides is 1. The molecule has 0 aliphatic carbocycles. The first kappa shape index (κ1) is 13.3. The van der Waals surface area contributed by atoms with Crippen LogP contribution in [0.2, 0.25) is 0 Å². The third-order valence-electron chi connectivity index (χ3n) is 1.67. The van der Waals surface area contributed by atoms with Gasteiger partial charge in [0.15, 0.2) is 0 Å². The summed E-state index contributed by atoms with van der Waals surface area (Å²) < 4.78 is -0.458. The van der Waals surface area contributed by atoms with Gasteiger partial charge in [0, 0.05) is 6.04 Å². The van der Waals surface area contributed by atoms with Crippen molar-refractivity contribution in [3.8, 4) is 0 Å². The van der Waals surface area contributed by atoms with Crippen molar-refractivity contribution in [1.82, 2.24) is 5.32 Å². The molecule has 13 heavy (non-hydrogen) atoms. The molecule has 0 fully saturated rings. The van der Waals surface area contributed by atoms with Gasteiger partial charge in [-0.3, -0.25) is 4.79 Å². The summed E-state index contributed by atoms with van der Waals surface area (Å²) in [5, 5.41) is 2.96. The number of amides is 1. The second kappa shape index (κ2) is 5.91. The Bertz CT molecular complexity index is 167. The molecule has 0 bridgehead atoms. The standard InChI is InChI=1S/C9H18BrNOS/c1-7(5-6-13-4)11-8(12)9(2,3)10/h7H,5-6H2,1-4H3,(H,11,12). The highest BCUT2D eigenvalue weighted by Gasteiger charge is 2.24. The van der Waals surface area contributed by atoms with Gasteiger partial charge in [0.25, 0.3) is 0 Å². The number of hydrogen-bond donors (Lipinski definition) is 1. The van der Waals surface area contributed by atoms with E-state index in [2.05, 4.69) is 27.5 Å². The zero-order valence-corrected chi connectivity index (χ0v) is 11.1. The van der Waals surface area contributed by atoms with Crippen LogP contribution in [0.1, 0.15) is 27.2 Å². The van der Waals surface area contributed by atoms with Crippen LogP contribution in [-0.2, 0) is 4.79 Å². The Balaban J connectivity index is 3.79. The average Bonchev–Trinajstić information content (AvgIpc) is 1.99. The van der Waals surface area contributed by atoms with E-state index in [-0.39, 0.29) is 11.9 Å². The van der Waals surface area contributed by atoms with E-state index >= 15 is 0 Å². The van der Waals surface area contributed by atoms with Gasteiger partial charge in [-0.1, -0.05) is 15.9 Å². The molecule has 0 spiro atoms. The molecule has 78 valence electrons. The Kier molecular flexibility index (Phi) is 6.05. The van der Waals surface area contributed by atoms with E-state index < -0.39 is 4.32 Å². The van der Waals surface area contributed by atoms with Crippen LogP contribution in [-0.4, -0.2) is 28.3 Å². The SMILES string of the molecule is CSCCC(C)NC(=O)C(C)(C)Br. The molecule has 2 nitrogen and oxygen atoms in total. The highest BCUT2D eigenvalue weighted by molar-refractivity contribution is 9.10. The van der Waals surface area contributed by atoms with Crippen molar-refractivity contribution in [2.75, 3.05) is 12.0 Å². The number of hydrogen-bond acceptors (Lipinski definition) is 2. The molecule has 0 aromatic carbocycles. The van der Waals surface area contributed by atoms with E-state index in [0.29, 0.717) is 0 Å². The summed E-state index contributed by atoms with van der Waals surface area (Å²) >= 11 is 5.12. The lowest BCUT2D eigenvalue weighted by molar-refractivity contribution is -0.123. The van der Waals surface area contributed by atoms with Crippen LogP contribution < -0.4 is 5.32 Å². The fraction of sp³-hybridized carbons (Fsp3) is 0.889. The molecule has 1 atom stereocenters. The summed E-state index contributed by atoms with van der Waals surface area (Å²) in [6.45, 7) is 5.74.